The van der Waals surface area contributed by atoms with Crippen LogP contribution in [0.1, 0.15) is 28.1 Å². The van der Waals surface area contributed by atoms with E-state index in [0.29, 0.717) is 13.0 Å². The molecule has 3 rings (SSSR count). The zero-order chi connectivity index (χ0) is 20.3. The van der Waals surface area contributed by atoms with Gasteiger partial charge in [0.05, 0.1) is 26.3 Å². The van der Waals surface area contributed by atoms with Crippen molar-refractivity contribution < 1.29 is 14.3 Å². The van der Waals surface area contributed by atoms with Crippen LogP contribution in [0.15, 0.2) is 12.1 Å². The van der Waals surface area contributed by atoms with Crippen molar-refractivity contribution in [3.63, 3.8) is 0 Å². The minimum Gasteiger partial charge on any atom is -0.493 e. The van der Waals surface area contributed by atoms with Crippen molar-refractivity contribution >= 4 is 5.91 Å². The molecule has 0 aliphatic carbocycles. The van der Waals surface area contributed by atoms with Gasteiger partial charge in [-0.3, -0.25) is 14.4 Å². The van der Waals surface area contributed by atoms with Gasteiger partial charge in [0.25, 0.3) is 0 Å². The molecule has 0 radical (unpaired) electrons. The summed E-state index contributed by atoms with van der Waals surface area (Å²) in [6, 6.07) is 4.14. The molecule has 0 fully saturated rings. The third kappa shape index (κ3) is 4.30. The van der Waals surface area contributed by atoms with E-state index < -0.39 is 0 Å². The second-order valence-electron chi connectivity index (χ2n) is 7.30. The molecule has 28 heavy (non-hydrogen) atoms. The molecule has 0 spiro atoms. The van der Waals surface area contributed by atoms with E-state index in [-0.39, 0.29) is 5.91 Å². The fourth-order valence-corrected chi connectivity index (χ4v) is 3.78. The van der Waals surface area contributed by atoms with Crippen LogP contribution in [0.4, 0.5) is 0 Å². The molecule has 0 saturated carbocycles. The van der Waals surface area contributed by atoms with Gasteiger partial charge in [-0.1, -0.05) is 0 Å². The van der Waals surface area contributed by atoms with Gasteiger partial charge in [0.2, 0.25) is 5.91 Å². The number of nitrogens with zero attached hydrogens (tertiary/aromatic N) is 3. The lowest BCUT2D eigenvalue weighted by atomic mass is 9.99. The Labute approximate surface area is 166 Å². The molecule has 7 heteroatoms. The molecular weight excluding hydrogens is 356 g/mol. The monoisotopic (exact) mass is 386 g/mol. The summed E-state index contributed by atoms with van der Waals surface area (Å²) in [6.07, 6.45) is 1.35. The molecule has 0 unspecified atom stereocenters. The maximum absolute atomic E-state index is 12.3. The van der Waals surface area contributed by atoms with Gasteiger partial charge < -0.3 is 14.8 Å². The van der Waals surface area contributed by atoms with Crippen LogP contribution in [0.3, 0.4) is 0 Å². The first kappa shape index (κ1) is 20.2. The Morgan fingerprint density at radius 3 is 2.46 bits per heavy atom. The summed E-state index contributed by atoms with van der Waals surface area (Å²) in [4.78, 5) is 14.7. The summed E-state index contributed by atoms with van der Waals surface area (Å²) in [5.74, 6) is 1.59. The largest absolute Gasteiger partial charge is 0.493 e. The molecule has 2 aromatic rings. The highest BCUT2D eigenvalue weighted by Gasteiger charge is 2.19. The van der Waals surface area contributed by atoms with Gasteiger partial charge in [-0.15, -0.1) is 0 Å². The summed E-state index contributed by atoms with van der Waals surface area (Å²) >= 11 is 0. The maximum Gasteiger partial charge on any atom is 0.224 e. The predicted molar refractivity (Wildman–Crippen MR) is 108 cm³/mol. The number of hydrogen-bond acceptors (Lipinski definition) is 5. The van der Waals surface area contributed by atoms with Crippen LogP contribution >= 0.6 is 0 Å². The highest BCUT2D eigenvalue weighted by molar-refractivity contribution is 5.79. The number of aryl methyl sites for hydroxylation is 2. The second-order valence-corrected chi connectivity index (χ2v) is 7.30. The molecule has 1 aromatic heterocycles. The first-order chi connectivity index (χ1) is 13.4. The molecule has 1 N–H and O–H groups in total. The summed E-state index contributed by atoms with van der Waals surface area (Å²) in [6.45, 7) is 7.23. The minimum atomic E-state index is 0.0445. The Morgan fingerprint density at radius 2 is 1.86 bits per heavy atom. The van der Waals surface area contributed by atoms with Crippen molar-refractivity contribution in [2.24, 2.45) is 7.05 Å². The van der Waals surface area contributed by atoms with E-state index in [1.807, 2.05) is 25.6 Å². The number of carbonyl (C=O) groups is 1. The fraction of sp³-hybridized carbons (Fsp3) is 0.524. The number of nitrogens with one attached hydrogen (secondary N) is 1. The van der Waals surface area contributed by atoms with Crippen LogP contribution in [0, 0.1) is 13.8 Å². The summed E-state index contributed by atoms with van der Waals surface area (Å²) < 4.78 is 12.6. The zero-order valence-electron chi connectivity index (χ0n) is 17.5. The van der Waals surface area contributed by atoms with Crippen LogP contribution in [-0.2, 0) is 31.2 Å². The molecule has 0 saturated heterocycles. The molecule has 152 valence electrons. The number of ether oxygens (including phenoxy) is 2. The number of fused-ring (bicyclic) bond motifs is 1. The lowest BCUT2D eigenvalue weighted by Gasteiger charge is -2.29. The topological polar surface area (TPSA) is 68.6 Å². The smallest absolute Gasteiger partial charge is 0.224 e. The molecular formula is C21H30N4O3. The number of rotatable bonds is 7. The van der Waals surface area contributed by atoms with Crippen LogP contribution in [0.5, 0.6) is 11.5 Å². The summed E-state index contributed by atoms with van der Waals surface area (Å²) in [5, 5.41) is 7.42. The third-order valence-electron chi connectivity index (χ3n) is 5.54. The number of benzene rings is 1. The second kappa shape index (κ2) is 8.65. The summed E-state index contributed by atoms with van der Waals surface area (Å²) in [7, 11) is 5.23. The Morgan fingerprint density at radius 1 is 1.18 bits per heavy atom. The van der Waals surface area contributed by atoms with Gasteiger partial charge in [-0.2, -0.15) is 5.10 Å². The molecule has 1 aliphatic heterocycles. The fourth-order valence-electron chi connectivity index (χ4n) is 3.78. The first-order valence-corrected chi connectivity index (χ1v) is 9.64. The van der Waals surface area contributed by atoms with E-state index in [0.717, 1.165) is 54.5 Å². The average Bonchev–Trinajstić information content (AvgIpc) is 2.92. The standard InChI is InChI=1S/C21H30N4O3/c1-14-18(15(2)24(3)23-14)12-21(26)22-7-9-25-8-6-16-10-19(27-4)20(28-5)11-17(16)13-25/h10-11H,6-9,12-13H2,1-5H3,(H,22,26). The van der Waals surface area contributed by atoms with E-state index in [4.69, 9.17) is 9.47 Å². The molecule has 1 aliphatic rings. The molecule has 1 aromatic carbocycles. The molecule has 7 nitrogen and oxygen atoms in total. The SMILES string of the molecule is COc1cc2c(cc1OC)CN(CCNC(=O)Cc1c(C)nn(C)c1C)CC2. The van der Waals surface area contributed by atoms with Crippen LogP contribution < -0.4 is 14.8 Å². The molecule has 1 amide bonds. The summed E-state index contributed by atoms with van der Waals surface area (Å²) in [5.41, 5.74) is 5.56. The Hall–Kier alpha value is -2.54. The molecule has 0 atom stereocenters. The van der Waals surface area contributed by atoms with E-state index in [1.165, 1.54) is 11.1 Å². The lowest BCUT2D eigenvalue weighted by molar-refractivity contribution is -0.120. The van der Waals surface area contributed by atoms with Crippen molar-refractivity contribution in [1.29, 1.82) is 0 Å². The average molecular weight is 386 g/mol. The maximum atomic E-state index is 12.3. The number of carbonyl (C=O) groups excluding carboxylic acids is 1. The van der Waals surface area contributed by atoms with Gasteiger partial charge in [-0.25, -0.2) is 0 Å². The van der Waals surface area contributed by atoms with E-state index >= 15 is 0 Å². The van der Waals surface area contributed by atoms with Crippen LogP contribution in [0.25, 0.3) is 0 Å². The van der Waals surface area contributed by atoms with Gasteiger partial charge in [0, 0.05) is 44.5 Å². The predicted octanol–water partition coefficient (Wildman–Crippen LogP) is 1.77. The van der Waals surface area contributed by atoms with Crippen molar-refractivity contribution in [1.82, 2.24) is 20.0 Å². The van der Waals surface area contributed by atoms with Gasteiger partial charge >= 0.3 is 0 Å². The van der Waals surface area contributed by atoms with Crippen molar-refractivity contribution in [2.75, 3.05) is 33.9 Å². The Balaban J connectivity index is 1.52. The minimum absolute atomic E-state index is 0.0445. The van der Waals surface area contributed by atoms with E-state index in [1.54, 1.807) is 14.2 Å². The lowest BCUT2D eigenvalue weighted by Crippen LogP contribution is -2.38. The Bertz CT molecular complexity index is 860. The highest BCUT2D eigenvalue weighted by atomic mass is 16.5. The number of aromatic nitrogens is 2. The van der Waals surface area contributed by atoms with Crippen molar-refractivity contribution in [3.05, 3.63) is 40.2 Å². The van der Waals surface area contributed by atoms with Crippen molar-refractivity contribution in [3.8, 4) is 11.5 Å². The molecule has 2 heterocycles. The van der Waals surface area contributed by atoms with Gasteiger partial charge in [0.1, 0.15) is 0 Å². The van der Waals surface area contributed by atoms with Crippen molar-refractivity contribution in [2.45, 2.75) is 33.2 Å². The zero-order valence-corrected chi connectivity index (χ0v) is 17.5. The number of amides is 1. The Kier molecular flexibility index (Phi) is 6.24. The first-order valence-electron chi connectivity index (χ1n) is 9.64. The number of methoxy groups -OCH3 is 2. The van der Waals surface area contributed by atoms with Crippen LogP contribution in [0.2, 0.25) is 0 Å². The van der Waals surface area contributed by atoms with E-state index in [9.17, 15) is 4.79 Å². The van der Waals surface area contributed by atoms with Gasteiger partial charge in [-0.05, 0) is 43.5 Å². The third-order valence-corrected chi connectivity index (χ3v) is 5.54. The molecule has 0 bridgehead atoms. The normalized spacial score (nSPS) is 13.9. The van der Waals surface area contributed by atoms with Gasteiger partial charge in [0.15, 0.2) is 11.5 Å². The van der Waals surface area contributed by atoms with Crippen LogP contribution in [-0.4, -0.2) is 54.4 Å². The number of hydrogen-bond donors (Lipinski definition) is 1. The highest BCUT2D eigenvalue weighted by Crippen LogP contribution is 2.33. The quantitative estimate of drug-likeness (QED) is 0.786. The van der Waals surface area contributed by atoms with E-state index in [2.05, 4.69) is 27.4 Å².